The van der Waals surface area contributed by atoms with Crippen LogP contribution in [0, 0.1) is 0 Å². The van der Waals surface area contributed by atoms with Gasteiger partial charge >= 0.3 is 0 Å². The van der Waals surface area contributed by atoms with Gasteiger partial charge in [0, 0.05) is 24.7 Å². The van der Waals surface area contributed by atoms with E-state index >= 15 is 0 Å². The minimum atomic E-state index is 0.439. The molecule has 2 N–H and O–H groups in total. The molecular weight excluding hydrogens is 196 g/mol. The third-order valence-corrected chi connectivity index (χ3v) is 4.13. The molecule has 86 valence electrons. The van der Waals surface area contributed by atoms with Gasteiger partial charge in [0.15, 0.2) is 0 Å². The van der Waals surface area contributed by atoms with Crippen molar-refractivity contribution in [1.29, 1.82) is 0 Å². The molecule has 1 atom stereocenters. The van der Waals surface area contributed by atoms with Crippen LogP contribution in [0.3, 0.4) is 0 Å². The fourth-order valence-electron chi connectivity index (χ4n) is 2.99. The van der Waals surface area contributed by atoms with Crippen LogP contribution in [0.15, 0.2) is 30.3 Å². The standard InChI is InChI=1S/C14H20N2/c15-13-6-9-16(14(10-13)7-8-14)11-12-4-2-1-3-5-12/h1-5,13H,6-11,15H2. The molecule has 1 heterocycles. The Morgan fingerprint density at radius 2 is 2.00 bits per heavy atom. The molecule has 2 heteroatoms. The number of rotatable bonds is 2. The summed E-state index contributed by atoms with van der Waals surface area (Å²) in [5.74, 6) is 0. The van der Waals surface area contributed by atoms with Gasteiger partial charge in [-0.15, -0.1) is 0 Å². The zero-order chi connectivity index (χ0) is 11.0. The summed E-state index contributed by atoms with van der Waals surface area (Å²) in [6.07, 6.45) is 5.08. The number of benzene rings is 1. The highest BCUT2D eigenvalue weighted by Crippen LogP contribution is 2.48. The summed E-state index contributed by atoms with van der Waals surface area (Å²) >= 11 is 0. The molecule has 1 aromatic carbocycles. The number of hydrogen-bond acceptors (Lipinski definition) is 2. The molecule has 16 heavy (non-hydrogen) atoms. The molecular formula is C14H20N2. The van der Waals surface area contributed by atoms with E-state index in [2.05, 4.69) is 35.2 Å². The summed E-state index contributed by atoms with van der Waals surface area (Å²) in [4.78, 5) is 2.66. The average Bonchev–Trinajstić information content (AvgIpc) is 3.05. The van der Waals surface area contributed by atoms with Crippen LogP contribution in [0.25, 0.3) is 0 Å². The first kappa shape index (κ1) is 10.3. The van der Waals surface area contributed by atoms with E-state index in [-0.39, 0.29) is 0 Å². The number of nitrogens with two attached hydrogens (primary N) is 1. The van der Waals surface area contributed by atoms with Crippen LogP contribution in [0.1, 0.15) is 31.2 Å². The predicted octanol–water partition coefficient (Wildman–Crippen LogP) is 2.14. The van der Waals surface area contributed by atoms with Gasteiger partial charge in [-0.25, -0.2) is 0 Å². The third kappa shape index (κ3) is 1.87. The molecule has 1 aromatic rings. The summed E-state index contributed by atoms with van der Waals surface area (Å²) in [5.41, 5.74) is 7.99. The largest absolute Gasteiger partial charge is 0.328 e. The molecule has 1 aliphatic heterocycles. The predicted molar refractivity (Wildman–Crippen MR) is 66.0 cm³/mol. The molecule has 1 spiro atoms. The summed E-state index contributed by atoms with van der Waals surface area (Å²) < 4.78 is 0. The molecule has 2 fully saturated rings. The van der Waals surface area contributed by atoms with Crippen molar-refractivity contribution < 1.29 is 0 Å². The van der Waals surface area contributed by atoms with Gasteiger partial charge in [-0.05, 0) is 31.2 Å². The summed E-state index contributed by atoms with van der Waals surface area (Å²) in [5, 5.41) is 0. The number of likely N-dealkylation sites (tertiary alicyclic amines) is 1. The van der Waals surface area contributed by atoms with E-state index in [0.717, 1.165) is 13.0 Å². The second kappa shape index (κ2) is 3.86. The van der Waals surface area contributed by atoms with Crippen molar-refractivity contribution in [1.82, 2.24) is 4.90 Å². The Kier molecular flexibility index (Phi) is 2.49. The molecule has 1 saturated carbocycles. The van der Waals surface area contributed by atoms with Crippen molar-refractivity contribution in [3.05, 3.63) is 35.9 Å². The van der Waals surface area contributed by atoms with E-state index in [1.165, 1.54) is 31.4 Å². The molecule has 0 bridgehead atoms. The van der Waals surface area contributed by atoms with Crippen molar-refractivity contribution in [3.63, 3.8) is 0 Å². The van der Waals surface area contributed by atoms with Crippen molar-refractivity contribution in [2.24, 2.45) is 5.73 Å². The molecule has 0 radical (unpaired) electrons. The van der Waals surface area contributed by atoms with E-state index in [9.17, 15) is 0 Å². The van der Waals surface area contributed by atoms with E-state index < -0.39 is 0 Å². The highest BCUT2D eigenvalue weighted by Gasteiger charge is 2.50. The Balaban J connectivity index is 1.71. The van der Waals surface area contributed by atoms with Crippen LogP contribution in [-0.2, 0) is 6.54 Å². The average molecular weight is 216 g/mol. The van der Waals surface area contributed by atoms with Crippen molar-refractivity contribution >= 4 is 0 Å². The molecule has 3 rings (SSSR count). The van der Waals surface area contributed by atoms with Gasteiger partial charge in [0.25, 0.3) is 0 Å². The quantitative estimate of drug-likeness (QED) is 0.820. The maximum Gasteiger partial charge on any atom is 0.0239 e. The molecule has 2 aliphatic rings. The maximum absolute atomic E-state index is 6.08. The van der Waals surface area contributed by atoms with Crippen LogP contribution >= 0.6 is 0 Å². The van der Waals surface area contributed by atoms with Crippen LogP contribution in [0.2, 0.25) is 0 Å². The highest BCUT2D eigenvalue weighted by atomic mass is 15.2. The topological polar surface area (TPSA) is 29.3 Å². The van der Waals surface area contributed by atoms with Gasteiger partial charge in [0.2, 0.25) is 0 Å². The number of piperidine rings is 1. The van der Waals surface area contributed by atoms with Gasteiger partial charge in [0.05, 0.1) is 0 Å². The van der Waals surface area contributed by atoms with Gasteiger partial charge < -0.3 is 5.73 Å². The van der Waals surface area contributed by atoms with Gasteiger partial charge in [0.1, 0.15) is 0 Å². The smallest absolute Gasteiger partial charge is 0.0239 e. The lowest BCUT2D eigenvalue weighted by Crippen LogP contribution is -2.48. The second-order valence-corrected chi connectivity index (χ2v) is 5.38. The Morgan fingerprint density at radius 1 is 1.25 bits per heavy atom. The lowest BCUT2D eigenvalue weighted by atomic mass is 9.95. The Hall–Kier alpha value is -0.860. The molecule has 0 aromatic heterocycles. The maximum atomic E-state index is 6.08. The van der Waals surface area contributed by atoms with Crippen LogP contribution in [0.4, 0.5) is 0 Å². The minimum absolute atomic E-state index is 0.439. The van der Waals surface area contributed by atoms with Crippen molar-refractivity contribution in [3.8, 4) is 0 Å². The van der Waals surface area contributed by atoms with Crippen LogP contribution in [0.5, 0.6) is 0 Å². The Bertz CT molecular complexity index is 356. The number of hydrogen-bond donors (Lipinski definition) is 1. The van der Waals surface area contributed by atoms with Gasteiger partial charge in [-0.3, -0.25) is 4.90 Å². The summed E-state index contributed by atoms with van der Waals surface area (Å²) in [6.45, 7) is 2.28. The van der Waals surface area contributed by atoms with Crippen molar-refractivity contribution in [2.45, 2.75) is 43.8 Å². The van der Waals surface area contributed by atoms with E-state index in [1.807, 2.05) is 0 Å². The summed E-state index contributed by atoms with van der Waals surface area (Å²) in [7, 11) is 0. The first-order valence-electron chi connectivity index (χ1n) is 6.33. The van der Waals surface area contributed by atoms with Crippen LogP contribution < -0.4 is 5.73 Å². The fourth-order valence-corrected chi connectivity index (χ4v) is 2.99. The number of nitrogens with zero attached hydrogens (tertiary/aromatic N) is 1. The zero-order valence-electron chi connectivity index (χ0n) is 9.73. The minimum Gasteiger partial charge on any atom is -0.328 e. The Morgan fingerprint density at radius 3 is 2.69 bits per heavy atom. The lowest BCUT2D eigenvalue weighted by molar-refractivity contribution is 0.109. The van der Waals surface area contributed by atoms with Crippen molar-refractivity contribution in [2.75, 3.05) is 6.54 Å². The first-order chi connectivity index (χ1) is 7.78. The van der Waals surface area contributed by atoms with E-state index in [0.29, 0.717) is 11.6 Å². The fraction of sp³-hybridized carbons (Fsp3) is 0.571. The molecule has 1 unspecified atom stereocenters. The van der Waals surface area contributed by atoms with Gasteiger partial charge in [-0.1, -0.05) is 30.3 Å². The second-order valence-electron chi connectivity index (χ2n) is 5.38. The first-order valence-corrected chi connectivity index (χ1v) is 6.33. The monoisotopic (exact) mass is 216 g/mol. The SMILES string of the molecule is NC1CCN(Cc2ccccc2)C2(CC2)C1. The molecule has 0 amide bonds. The zero-order valence-corrected chi connectivity index (χ0v) is 9.73. The molecule has 1 saturated heterocycles. The lowest BCUT2D eigenvalue weighted by Gasteiger charge is -2.39. The third-order valence-electron chi connectivity index (χ3n) is 4.13. The Labute approximate surface area is 97.4 Å². The molecule has 1 aliphatic carbocycles. The van der Waals surface area contributed by atoms with Crippen LogP contribution in [-0.4, -0.2) is 23.0 Å². The normalized spacial score (nSPS) is 28.2. The highest BCUT2D eigenvalue weighted by molar-refractivity contribution is 5.17. The van der Waals surface area contributed by atoms with E-state index in [4.69, 9.17) is 5.73 Å². The van der Waals surface area contributed by atoms with E-state index in [1.54, 1.807) is 0 Å². The summed E-state index contributed by atoms with van der Waals surface area (Å²) in [6, 6.07) is 11.2. The van der Waals surface area contributed by atoms with Gasteiger partial charge in [-0.2, -0.15) is 0 Å². The molecule has 2 nitrogen and oxygen atoms in total.